The van der Waals surface area contributed by atoms with E-state index in [0.29, 0.717) is 6.61 Å². The monoisotopic (exact) mass is 358 g/mol. The van der Waals surface area contributed by atoms with E-state index in [0.717, 1.165) is 33.2 Å². The number of aromatic nitrogens is 1. The highest BCUT2D eigenvalue weighted by Crippen LogP contribution is 2.32. The Kier molecular flexibility index (Phi) is 4.84. The van der Waals surface area contributed by atoms with Gasteiger partial charge in [-0.05, 0) is 64.1 Å². The Balaban J connectivity index is 1.87. The number of nitrogens with one attached hydrogen (secondary N) is 2. The fourth-order valence-corrected chi connectivity index (χ4v) is 2.85. The summed E-state index contributed by atoms with van der Waals surface area (Å²) in [5, 5.41) is 5.42. The van der Waals surface area contributed by atoms with Crippen LogP contribution in [0, 0.1) is 0 Å². The molecular formula is C21H27FN2O2. The van der Waals surface area contributed by atoms with Gasteiger partial charge in [0.1, 0.15) is 18.0 Å². The van der Waals surface area contributed by atoms with Crippen molar-refractivity contribution in [3.8, 4) is 5.75 Å². The van der Waals surface area contributed by atoms with Crippen LogP contribution in [-0.2, 0) is 4.74 Å². The third-order valence-electron chi connectivity index (χ3n) is 4.39. The number of benzene rings is 2. The molecule has 1 heterocycles. The molecule has 2 N–H and O–H groups in total. The fourth-order valence-electron chi connectivity index (χ4n) is 2.85. The van der Waals surface area contributed by atoms with E-state index in [2.05, 4.69) is 22.4 Å². The van der Waals surface area contributed by atoms with Gasteiger partial charge in [0.2, 0.25) is 0 Å². The predicted molar refractivity (Wildman–Crippen MR) is 106 cm³/mol. The van der Waals surface area contributed by atoms with Gasteiger partial charge in [-0.2, -0.15) is 0 Å². The first-order valence-corrected chi connectivity index (χ1v) is 8.85. The summed E-state index contributed by atoms with van der Waals surface area (Å²) in [4.78, 5) is 3.42. The molecule has 3 rings (SSSR count). The Bertz CT molecular complexity index is 915. The zero-order valence-corrected chi connectivity index (χ0v) is 16.1. The van der Waals surface area contributed by atoms with Gasteiger partial charge in [-0.25, -0.2) is 4.39 Å². The summed E-state index contributed by atoms with van der Waals surface area (Å²) in [7, 11) is 1.91. The lowest BCUT2D eigenvalue weighted by atomic mass is 10.1. The number of anilines is 1. The number of aromatic amines is 1. The van der Waals surface area contributed by atoms with Crippen molar-refractivity contribution in [2.24, 2.45) is 0 Å². The van der Waals surface area contributed by atoms with E-state index >= 15 is 0 Å². The molecule has 140 valence electrons. The number of H-pyrrole nitrogens is 1. The van der Waals surface area contributed by atoms with Crippen LogP contribution in [0.1, 0.15) is 27.7 Å². The van der Waals surface area contributed by atoms with Crippen LogP contribution >= 0.6 is 0 Å². The smallest absolute Gasteiger partial charge is 0.127 e. The maximum absolute atomic E-state index is 12.9. The number of rotatable bonds is 7. The standard InChI is InChI=1S/C21H27FN2O2/c1-20(2,12-22)25-13-21(3,4)26-15-7-9-19-17(11-15)16-10-14(23-5)6-8-18(16)24-19/h6-11,23-24H,12-13H2,1-5H3. The minimum absolute atomic E-state index is 0.305. The number of hydrogen-bond donors (Lipinski definition) is 2. The topological polar surface area (TPSA) is 46.3 Å². The van der Waals surface area contributed by atoms with Crippen LogP contribution in [0.3, 0.4) is 0 Å². The van der Waals surface area contributed by atoms with Gasteiger partial charge in [0, 0.05) is 34.5 Å². The lowest BCUT2D eigenvalue weighted by Gasteiger charge is -2.31. The summed E-state index contributed by atoms with van der Waals surface area (Å²) in [6, 6.07) is 12.2. The highest BCUT2D eigenvalue weighted by atomic mass is 19.1. The molecule has 0 fully saturated rings. The molecule has 0 aliphatic heterocycles. The van der Waals surface area contributed by atoms with Gasteiger partial charge < -0.3 is 19.8 Å². The minimum atomic E-state index is -0.801. The van der Waals surface area contributed by atoms with Gasteiger partial charge >= 0.3 is 0 Å². The third kappa shape index (κ3) is 3.93. The van der Waals surface area contributed by atoms with Gasteiger partial charge in [0.15, 0.2) is 0 Å². The quantitative estimate of drug-likeness (QED) is 0.604. The molecule has 0 saturated heterocycles. The lowest BCUT2D eigenvalue weighted by Crippen LogP contribution is -2.39. The molecule has 26 heavy (non-hydrogen) atoms. The molecule has 1 aromatic heterocycles. The summed E-state index contributed by atoms with van der Waals surface area (Å²) in [6.45, 7) is 7.14. The van der Waals surface area contributed by atoms with Crippen LogP contribution in [0.2, 0.25) is 0 Å². The van der Waals surface area contributed by atoms with Crippen molar-refractivity contribution < 1.29 is 13.9 Å². The SMILES string of the molecule is CNc1ccc2[nH]c3ccc(OC(C)(C)COC(C)(C)CF)cc3c2c1. The summed E-state index contributed by atoms with van der Waals surface area (Å²) in [5.74, 6) is 0.764. The average Bonchev–Trinajstić information content (AvgIpc) is 2.97. The molecule has 0 aliphatic rings. The van der Waals surface area contributed by atoms with E-state index in [9.17, 15) is 4.39 Å². The maximum atomic E-state index is 12.9. The second kappa shape index (κ2) is 6.80. The maximum Gasteiger partial charge on any atom is 0.127 e. The van der Waals surface area contributed by atoms with Gasteiger partial charge in [-0.15, -0.1) is 0 Å². The van der Waals surface area contributed by atoms with Crippen LogP contribution in [0.5, 0.6) is 5.75 Å². The first-order chi connectivity index (χ1) is 12.2. The third-order valence-corrected chi connectivity index (χ3v) is 4.39. The number of ether oxygens (including phenoxy) is 2. The van der Waals surface area contributed by atoms with E-state index in [1.165, 1.54) is 0 Å². The Morgan fingerprint density at radius 3 is 2.27 bits per heavy atom. The van der Waals surface area contributed by atoms with E-state index in [4.69, 9.17) is 9.47 Å². The molecule has 0 aliphatic carbocycles. The molecule has 2 aromatic carbocycles. The van der Waals surface area contributed by atoms with Gasteiger partial charge in [0.05, 0.1) is 12.2 Å². The van der Waals surface area contributed by atoms with Crippen LogP contribution in [0.4, 0.5) is 10.1 Å². The van der Waals surface area contributed by atoms with Crippen LogP contribution in [-0.4, -0.2) is 36.5 Å². The Morgan fingerprint density at radius 2 is 1.62 bits per heavy atom. The zero-order chi connectivity index (χ0) is 18.9. The van der Waals surface area contributed by atoms with E-state index < -0.39 is 17.9 Å². The second-order valence-electron chi connectivity index (χ2n) is 7.89. The Morgan fingerprint density at radius 1 is 0.962 bits per heavy atom. The largest absolute Gasteiger partial charge is 0.485 e. The molecule has 0 saturated carbocycles. The normalized spacial score (nSPS) is 12.7. The van der Waals surface area contributed by atoms with Crippen molar-refractivity contribution in [3.05, 3.63) is 36.4 Å². The molecule has 0 radical (unpaired) electrons. The van der Waals surface area contributed by atoms with Crippen molar-refractivity contribution in [2.75, 3.05) is 25.6 Å². The number of halogens is 1. The van der Waals surface area contributed by atoms with Crippen molar-refractivity contribution >= 4 is 27.5 Å². The van der Waals surface area contributed by atoms with Gasteiger partial charge in [-0.3, -0.25) is 0 Å². The Labute approximate surface area is 153 Å². The van der Waals surface area contributed by atoms with Crippen molar-refractivity contribution in [1.82, 2.24) is 4.98 Å². The van der Waals surface area contributed by atoms with E-state index in [1.807, 2.05) is 45.2 Å². The molecular weight excluding hydrogens is 331 g/mol. The lowest BCUT2D eigenvalue weighted by molar-refractivity contribution is -0.0895. The van der Waals surface area contributed by atoms with E-state index in [-0.39, 0.29) is 0 Å². The summed E-state index contributed by atoms with van der Waals surface area (Å²) < 4.78 is 24.8. The predicted octanol–water partition coefficient (Wildman–Crippen LogP) is 5.28. The van der Waals surface area contributed by atoms with Crippen LogP contribution in [0.25, 0.3) is 21.8 Å². The van der Waals surface area contributed by atoms with E-state index in [1.54, 1.807) is 13.8 Å². The van der Waals surface area contributed by atoms with Crippen molar-refractivity contribution in [1.29, 1.82) is 0 Å². The molecule has 3 aromatic rings. The number of fused-ring (bicyclic) bond motifs is 3. The van der Waals surface area contributed by atoms with Crippen LogP contribution in [0.15, 0.2) is 36.4 Å². The average molecular weight is 358 g/mol. The molecule has 5 heteroatoms. The Hall–Kier alpha value is -2.27. The molecule has 0 spiro atoms. The zero-order valence-electron chi connectivity index (χ0n) is 16.1. The fraction of sp³-hybridized carbons (Fsp3) is 0.429. The first-order valence-electron chi connectivity index (χ1n) is 8.85. The summed E-state index contributed by atoms with van der Waals surface area (Å²) >= 11 is 0. The summed E-state index contributed by atoms with van der Waals surface area (Å²) in [6.07, 6.45) is 0. The molecule has 0 unspecified atom stereocenters. The highest BCUT2D eigenvalue weighted by Gasteiger charge is 2.26. The van der Waals surface area contributed by atoms with Crippen molar-refractivity contribution in [2.45, 2.75) is 38.9 Å². The molecule has 0 amide bonds. The van der Waals surface area contributed by atoms with Crippen molar-refractivity contribution in [3.63, 3.8) is 0 Å². The van der Waals surface area contributed by atoms with Gasteiger partial charge in [-0.1, -0.05) is 0 Å². The highest BCUT2D eigenvalue weighted by molar-refractivity contribution is 6.08. The molecule has 4 nitrogen and oxygen atoms in total. The minimum Gasteiger partial charge on any atom is -0.485 e. The number of alkyl halides is 1. The second-order valence-corrected chi connectivity index (χ2v) is 7.89. The first kappa shape index (κ1) is 18.5. The van der Waals surface area contributed by atoms with Crippen LogP contribution < -0.4 is 10.1 Å². The van der Waals surface area contributed by atoms with Gasteiger partial charge in [0.25, 0.3) is 0 Å². The molecule has 0 atom stereocenters. The number of hydrogen-bond acceptors (Lipinski definition) is 3. The molecule has 0 bridgehead atoms. The summed E-state index contributed by atoms with van der Waals surface area (Å²) in [5.41, 5.74) is 1.84.